The number of nitrogens with zero attached hydrogens (tertiary/aromatic N) is 1. The number of fused-ring (bicyclic) bond motifs is 1. The van der Waals surface area contributed by atoms with Gasteiger partial charge in [0.1, 0.15) is 18.8 Å². The van der Waals surface area contributed by atoms with E-state index in [9.17, 15) is 19.2 Å². The van der Waals surface area contributed by atoms with Gasteiger partial charge in [0.15, 0.2) is 12.2 Å². The molecular formula is C18H27NO10. The van der Waals surface area contributed by atoms with Crippen LogP contribution in [0.1, 0.15) is 27.7 Å². The van der Waals surface area contributed by atoms with Crippen molar-refractivity contribution in [2.24, 2.45) is 5.92 Å². The average molecular weight is 417 g/mol. The number of hydrogen-bond acceptors (Lipinski definition) is 11. The summed E-state index contributed by atoms with van der Waals surface area (Å²) in [6, 6.07) is -0.359. The molecule has 2 rings (SSSR count). The zero-order valence-corrected chi connectivity index (χ0v) is 17.1. The lowest BCUT2D eigenvalue weighted by Gasteiger charge is -2.43. The van der Waals surface area contributed by atoms with E-state index in [4.69, 9.17) is 28.5 Å². The number of likely N-dealkylation sites (N-methyl/N-ethyl adjacent to an activating group) is 1. The summed E-state index contributed by atoms with van der Waals surface area (Å²) in [5.41, 5.74) is 0. The lowest BCUT2D eigenvalue weighted by Crippen LogP contribution is -2.62. The van der Waals surface area contributed by atoms with Crippen LogP contribution in [0.2, 0.25) is 0 Å². The predicted molar refractivity (Wildman–Crippen MR) is 94.0 cm³/mol. The summed E-state index contributed by atoms with van der Waals surface area (Å²) >= 11 is 0. The van der Waals surface area contributed by atoms with Crippen molar-refractivity contribution in [3.05, 3.63) is 0 Å². The van der Waals surface area contributed by atoms with Crippen LogP contribution < -0.4 is 0 Å². The van der Waals surface area contributed by atoms with E-state index in [0.717, 1.165) is 0 Å². The highest BCUT2D eigenvalue weighted by Gasteiger charge is 2.54. The van der Waals surface area contributed by atoms with Crippen molar-refractivity contribution < 1.29 is 47.7 Å². The van der Waals surface area contributed by atoms with Gasteiger partial charge in [0, 0.05) is 40.7 Å². The zero-order valence-electron chi connectivity index (χ0n) is 17.1. The number of hydroxylamine groups is 2. The third kappa shape index (κ3) is 6.12. The van der Waals surface area contributed by atoms with E-state index in [-0.39, 0.29) is 25.2 Å². The Hall–Kier alpha value is -2.24. The molecule has 0 N–H and O–H groups in total. The smallest absolute Gasteiger partial charge is 0.303 e. The molecule has 2 aliphatic heterocycles. The predicted octanol–water partition coefficient (Wildman–Crippen LogP) is -0.395. The lowest BCUT2D eigenvalue weighted by atomic mass is 9.87. The highest BCUT2D eigenvalue weighted by molar-refractivity contribution is 5.68. The van der Waals surface area contributed by atoms with Crippen LogP contribution in [0.5, 0.6) is 0 Å². The molecule has 164 valence electrons. The summed E-state index contributed by atoms with van der Waals surface area (Å²) in [7, 11) is 1.70. The fourth-order valence-corrected chi connectivity index (χ4v) is 3.61. The number of esters is 4. The Labute approximate surface area is 168 Å². The fourth-order valence-electron chi connectivity index (χ4n) is 3.61. The van der Waals surface area contributed by atoms with Crippen LogP contribution in [0.25, 0.3) is 0 Å². The molecular weight excluding hydrogens is 390 g/mol. The van der Waals surface area contributed by atoms with E-state index in [1.54, 1.807) is 12.1 Å². The second-order valence-corrected chi connectivity index (χ2v) is 6.99. The fraction of sp³-hybridized carbons (Fsp3) is 0.778. The first kappa shape index (κ1) is 23.0. The lowest BCUT2D eigenvalue weighted by molar-refractivity contribution is -0.227. The van der Waals surface area contributed by atoms with Crippen LogP contribution in [0.3, 0.4) is 0 Å². The van der Waals surface area contributed by atoms with Crippen molar-refractivity contribution in [1.82, 2.24) is 5.06 Å². The molecule has 0 spiro atoms. The molecule has 11 heteroatoms. The van der Waals surface area contributed by atoms with Gasteiger partial charge >= 0.3 is 23.9 Å². The van der Waals surface area contributed by atoms with Crippen LogP contribution in [0, 0.1) is 5.92 Å². The summed E-state index contributed by atoms with van der Waals surface area (Å²) in [6.07, 6.45) is -4.20. The molecule has 2 heterocycles. The Kier molecular flexibility index (Phi) is 7.94. The monoisotopic (exact) mass is 417 g/mol. The van der Waals surface area contributed by atoms with E-state index in [2.05, 4.69) is 0 Å². The maximum atomic E-state index is 11.8. The number of carbonyl (C=O) groups is 4. The van der Waals surface area contributed by atoms with Crippen LogP contribution in [-0.4, -0.2) is 86.3 Å². The third-order valence-corrected chi connectivity index (χ3v) is 4.62. The molecule has 0 aromatic rings. The molecule has 0 bridgehead atoms. The van der Waals surface area contributed by atoms with Gasteiger partial charge in [-0.15, -0.1) is 0 Å². The van der Waals surface area contributed by atoms with Gasteiger partial charge in [-0.25, -0.2) is 0 Å². The Bertz CT molecular complexity index is 638. The molecule has 0 saturated carbocycles. The highest BCUT2D eigenvalue weighted by atomic mass is 16.7. The van der Waals surface area contributed by atoms with E-state index >= 15 is 0 Å². The second kappa shape index (κ2) is 9.99. The maximum Gasteiger partial charge on any atom is 0.303 e. The van der Waals surface area contributed by atoms with Gasteiger partial charge in [-0.3, -0.25) is 24.0 Å². The summed E-state index contributed by atoms with van der Waals surface area (Å²) in [5.74, 6) is -2.57. The molecule has 0 radical (unpaired) electrons. The van der Waals surface area contributed by atoms with Gasteiger partial charge in [-0.2, -0.15) is 5.06 Å². The van der Waals surface area contributed by atoms with Crippen molar-refractivity contribution >= 4 is 23.9 Å². The Morgan fingerprint density at radius 2 is 1.62 bits per heavy atom. The standard InChI is InChI=1S/C18H27NO10/c1-9(20)24-8-14(27-10(2)21)16(28-11(3)22)18-17(29-12(4)23)15-13(6-25-18)7-26-19(15)5/h13-18H,6-8H2,1-5H3/t13-,14+,15-,16+,17+,18-/m0/s1. The molecule has 2 fully saturated rings. The third-order valence-electron chi connectivity index (χ3n) is 4.62. The molecule has 6 atom stereocenters. The van der Waals surface area contributed by atoms with Gasteiger partial charge in [-0.05, 0) is 0 Å². The number of carbonyl (C=O) groups excluding carboxylic acids is 4. The van der Waals surface area contributed by atoms with Gasteiger partial charge in [0.25, 0.3) is 0 Å². The average Bonchev–Trinajstić information content (AvgIpc) is 2.97. The molecule has 0 aromatic carbocycles. The maximum absolute atomic E-state index is 11.8. The van der Waals surface area contributed by atoms with Crippen molar-refractivity contribution in [3.8, 4) is 0 Å². The normalized spacial score (nSPS) is 28.6. The van der Waals surface area contributed by atoms with E-state index < -0.39 is 48.3 Å². The minimum atomic E-state index is -1.19. The molecule has 0 amide bonds. The highest BCUT2D eigenvalue weighted by Crippen LogP contribution is 2.35. The van der Waals surface area contributed by atoms with Gasteiger partial charge in [0.05, 0.1) is 19.3 Å². The van der Waals surface area contributed by atoms with Crippen molar-refractivity contribution in [1.29, 1.82) is 0 Å². The van der Waals surface area contributed by atoms with Crippen molar-refractivity contribution in [2.75, 3.05) is 26.9 Å². The number of ether oxygens (including phenoxy) is 5. The van der Waals surface area contributed by atoms with Gasteiger partial charge < -0.3 is 23.7 Å². The van der Waals surface area contributed by atoms with Crippen LogP contribution in [-0.2, 0) is 47.7 Å². The van der Waals surface area contributed by atoms with Gasteiger partial charge in [-0.1, -0.05) is 0 Å². The molecule has 0 aromatic heterocycles. The van der Waals surface area contributed by atoms with Crippen LogP contribution in [0.15, 0.2) is 0 Å². The molecule has 11 nitrogen and oxygen atoms in total. The van der Waals surface area contributed by atoms with E-state index in [1.165, 1.54) is 27.7 Å². The van der Waals surface area contributed by atoms with Crippen LogP contribution in [0.4, 0.5) is 0 Å². The van der Waals surface area contributed by atoms with Crippen LogP contribution >= 0.6 is 0 Å². The zero-order chi connectivity index (χ0) is 21.7. The SMILES string of the molecule is CC(=O)OC[C@@H](OC(C)=O)[C@@H](OC(C)=O)[C@@H]1OC[C@H]2CON(C)[C@@H]2[C@H]1OC(C)=O. The minimum Gasteiger partial charge on any atom is -0.462 e. The first-order valence-corrected chi connectivity index (χ1v) is 9.22. The van der Waals surface area contributed by atoms with Crippen molar-refractivity contribution in [2.45, 2.75) is 58.2 Å². The summed E-state index contributed by atoms with van der Waals surface area (Å²) in [5, 5.41) is 1.57. The molecule has 0 unspecified atom stereocenters. The van der Waals surface area contributed by atoms with E-state index in [1.807, 2.05) is 0 Å². The topological polar surface area (TPSA) is 127 Å². The summed E-state index contributed by atoms with van der Waals surface area (Å²) < 4.78 is 27.0. The molecule has 0 aliphatic carbocycles. The first-order chi connectivity index (χ1) is 13.6. The summed E-state index contributed by atoms with van der Waals surface area (Å²) in [4.78, 5) is 51.9. The Morgan fingerprint density at radius 3 is 2.17 bits per heavy atom. The Morgan fingerprint density at radius 1 is 0.966 bits per heavy atom. The molecule has 29 heavy (non-hydrogen) atoms. The summed E-state index contributed by atoms with van der Waals surface area (Å²) in [6.45, 7) is 5.06. The number of hydrogen-bond donors (Lipinski definition) is 0. The number of rotatable bonds is 7. The van der Waals surface area contributed by atoms with Crippen molar-refractivity contribution in [3.63, 3.8) is 0 Å². The largest absolute Gasteiger partial charge is 0.462 e. The second-order valence-electron chi connectivity index (χ2n) is 6.99. The molecule has 2 saturated heterocycles. The molecule has 2 aliphatic rings. The quantitative estimate of drug-likeness (QED) is 0.397. The van der Waals surface area contributed by atoms with E-state index in [0.29, 0.717) is 6.61 Å². The first-order valence-electron chi connectivity index (χ1n) is 9.22. The minimum absolute atomic E-state index is 0.0702. The van der Waals surface area contributed by atoms with Gasteiger partial charge in [0.2, 0.25) is 0 Å². The Balaban J connectivity index is 2.37.